The van der Waals surface area contributed by atoms with Crippen molar-refractivity contribution in [2.75, 3.05) is 6.61 Å². The molecule has 2 aromatic rings. The Morgan fingerprint density at radius 3 is 2.25 bits per heavy atom. The zero-order valence-electron chi connectivity index (χ0n) is 14.9. The van der Waals surface area contributed by atoms with Crippen LogP contribution in [0.5, 0.6) is 23.0 Å². The number of carbonyl (C=O) groups excluding carboxylic acids is 3. The summed E-state index contributed by atoms with van der Waals surface area (Å²) >= 11 is 0. The molecule has 2 aromatic carbocycles. The van der Waals surface area contributed by atoms with Crippen LogP contribution in [-0.4, -0.2) is 44.4 Å². The molecule has 0 amide bonds. The van der Waals surface area contributed by atoms with Crippen LogP contribution in [0.3, 0.4) is 0 Å². The molecule has 0 saturated heterocycles. The first-order chi connectivity index (χ1) is 13.2. The van der Waals surface area contributed by atoms with Gasteiger partial charge in [-0.1, -0.05) is 5.75 Å². The number of carbonyl (C=O) groups is 3. The standard InChI is InChI=1S/C20H18O8/c1-8(22)2-3-9(7-21)15-14(25)6-12-17(19(15)27)20(28)16-11(18(12)26)4-10(23)5-13(16)24/h4-6,9,21,23-25,27H,2-3,7H2,1H3/p-1/t9-/m1/s1. The summed E-state index contributed by atoms with van der Waals surface area (Å²) in [6.45, 7) is 0.795. The number of phenols is 3. The third-order valence-electron chi connectivity index (χ3n) is 4.82. The Hall–Kier alpha value is -3.39. The van der Waals surface area contributed by atoms with Crippen LogP contribution in [0.15, 0.2) is 18.2 Å². The molecule has 0 aliphatic heterocycles. The van der Waals surface area contributed by atoms with Crippen LogP contribution >= 0.6 is 0 Å². The Balaban J connectivity index is 2.21. The molecule has 0 spiro atoms. The van der Waals surface area contributed by atoms with Gasteiger partial charge in [-0.2, -0.15) is 0 Å². The van der Waals surface area contributed by atoms with E-state index in [9.17, 15) is 39.9 Å². The van der Waals surface area contributed by atoms with E-state index in [2.05, 4.69) is 0 Å². The number of aliphatic hydroxyl groups is 1. The highest BCUT2D eigenvalue weighted by Crippen LogP contribution is 2.44. The minimum atomic E-state index is -0.936. The SMILES string of the molecule is CC(=O)CC[C@H](CO)c1c(O)cc2c(c1[O-])C(=O)c1c(O)cc(O)cc1C2=O. The highest BCUT2D eigenvalue weighted by Gasteiger charge is 2.35. The van der Waals surface area contributed by atoms with Crippen molar-refractivity contribution in [1.29, 1.82) is 0 Å². The summed E-state index contributed by atoms with van der Waals surface area (Å²) in [5.41, 5.74) is -1.82. The van der Waals surface area contributed by atoms with E-state index >= 15 is 0 Å². The van der Waals surface area contributed by atoms with E-state index in [4.69, 9.17) is 0 Å². The molecule has 1 aliphatic carbocycles. The van der Waals surface area contributed by atoms with Crippen molar-refractivity contribution >= 4 is 17.3 Å². The van der Waals surface area contributed by atoms with Crippen molar-refractivity contribution in [3.63, 3.8) is 0 Å². The molecule has 4 N–H and O–H groups in total. The quantitative estimate of drug-likeness (QED) is 0.509. The van der Waals surface area contributed by atoms with Crippen molar-refractivity contribution in [2.24, 2.45) is 0 Å². The minimum absolute atomic E-state index is 0.0525. The van der Waals surface area contributed by atoms with E-state index in [0.717, 1.165) is 18.2 Å². The van der Waals surface area contributed by atoms with Crippen molar-refractivity contribution < 1.29 is 39.9 Å². The summed E-state index contributed by atoms with van der Waals surface area (Å²) in [5.74, 6) is -5.39. The van der Waals surface area contributed by atoms with E-state index < -0.39 is 58.2 Å². The zero-order valence-corrected chi connectivity index (χ0v) is 14.9. The van der Waals surface area contributed by atoms with Gasteiger partial charge in [-0.25, -0.2) is 0 Å². The lowest BCUT2D eigenvalue weighted by Gasteiger charge is -2.29. The second-order valence-corrected chi connectivity index (χ2v) is 6.73. The molecule has 8 heteroatoms. The number of aliphatic hydroxyl groups excluding tert-OH is 1. The number of hydrogen-bond donors (Lipinski definition) is 4. The molecule has 3 rings (SSSR count). The molecular weight excluding hydrogens is 368 g/mol. The molecule has 0 aromatic heterocycles. The topological polar surface area (TPSA) is 155 Å². The summed E-state index contributed by atoms with van der Waals surface area (Å²) in [7, 11) is 0. The number of fused-ring (bicyclic) bond motifs is 2. The maximum absolute atomic E-state index is 13.0. The average molecular weight is 385 g/mol. The maximum atomic E-state index is 13.0. The molecule has 146 valence electrons. The van der Waals surface area contributed by atoms with Crippen LogP contribution in [0, 0.1) is 0 Å². The number of ketones is 3. The molecule has 28 heavy (non-hydrogen) atoms. The third kappa shape index (κ3) is 2.97. The zero-order chi connectivity index (χ0) is 20.7. The normalized spacial score (nSPS) is 13.8. The molecule has 0 saturated carbocycles. The van der Waals surface area contributed by atoms with Crippen LogP contribution in [0.1, 0.15) is 63.1 Å². The van der Waals surface area contributed by atoms with Gasteiger partial charge < -0.3 is 30.3 Å². The summed E-state index contributed by atoms with van der Waals surface area (Å²) in [6.07, 6.45) is 0.127. The minimum Gasteiger partial charge on any atom is -0.872 e. The molecule has 0 bridgehead atoms. The van der Waals surface area contributed by atoms with E-state index in [1.54, 1.807) is 0 Å². The van der Waals surface area contributed by atoms with Gasteiger partial charge in [-0.15, -0.1) is 0 Å². The van der Waals surface area contributed by atoms with Crippen LogP contribution in [0.4, 0.5) is 0 Å². The van der Waals surface area contributed by atoms with Gasteiger partial charge in [0.25, 0.3) is 0 Å². The number of phenolic OH excluding ortho intramolecular Hbond substituents is 3. The fourth-order valence-corrected chi connectivity index (χ4v) is 3.46. The Morgan fingerprint density at radius 2 is 1.64 bits per heavy atom. The Bertz CT molecular complexity index is 1020. The number of hydrogen-bond acceptors (Lipinski definition) is 8. The van der Waals surface area contributed by atoms with E-state index in [1.165, 1.54) is 6.92 Å². The lowest BCUT2D eigenvalue weighted by Crippen LogP contribution is -2.24. The second-order valence-electron chi connectivity index (χ2n) is 6.73. The highest BCUT2D eigenvalue weighted by molar-refractivity contribution is 6.30. The Kier molecular flexibility index (Phi) is 4.82. The molecule has 8 nitrogen and oxygen atoms in total. The lowest BCUT2D eigenvalue weighted by molar-refractivity contribution is -0.270. The Morgan fingerprint density at radius 1 is 1.00 bits per heavy atom. The van der Waals surface area contributed by atoms with Gasteiger partial charge in [-0.05, 0) is 31.0 Å². The van der Waals surface area contributed by atoms with Gasteiger partial charge >= 0.3 is 0 Å². The first-order valence-corrected chi connectivity index (χ1v) is 8.49. The van der Waals surface area contributed by atoms with Crippen molar-refractivity contribution in [3.05, 3.63) is 46.0 Å². The molecule has 1 atom stereocenters. The molecule has 0 fully saturated rings. The van der Waals surface area contributed by atoms with Crippen molar-refractivity contribution in [1.82, 2.24) is 0 Å². The van der Waals surface area contributed by atoms with E-state index in [0.29, 0.717) is 0 Å². The van der Waals surface area contributed by atoms with Crippen LogP contribution in [0.2, 0.25) is 0 Å². The van der Waals surface area contributed by atoms with Gasteiger partial charge in [0.1, 0.15) is 23.0 Å². The monoisotopic (exact) mass is 385 g/mol. The van der Waals surface area contributed by atoms with E-state index in [-0.39, 0.29) is 35.3 Å². The number of Topliss-reactive ketones (excluding diaryl/α,β-unsaturated/α-hetero) is 1. The first kappa shape index (κ1) is 19.4. The van der Waals surface area contributed by atoms with Gasteiger partial charge in [0.2, 0.25) is 0 Å². The van der Waals surface area contributed by atoms with Gasteiger partial charge in [0, 0.05) is 35.1 Å². The lowest BCUT2D eigenvalue weighted by atomic mass is 9.79. The smallest absolute Gasteiger partial charge is 0.197 e. The number of aromatic hydroxyl groups is 3. The average Bonchev–Trinajstić information content (AvgIpc) is 2.60. The summed E-state index contributed by atoms with van der Waals surface area (Å²) in [5, 5.41) is 52.5. The predicted octanol–water partition coefficient (Wildman–Crippen LogP) is 1.10. The largest absolute Gasteiger partial charge is 0.872 e. The van der Waals surface area contributed by atoms with Crippen LogP contribution in [-0.2, 0) is 4.79 Å². The Labute approximate surface area is 159 Å². The highest BCUT2D eigenvalue weighted by atomic mass is 16.3. The van der Waals surface area contributed by atoms with E-state index in [1.807, 2.05) is 0 Å². The fraction of sp³-hybridized carbons (Fsp3) is 0.250. The first-order valence-electron chi connectivity index (χ1n) is 8.49. The molecule has 1 aliphatic rings. The van der Waals surface area contributed by atoms with Crippen LogP contribution in [0.25, 0.3) is 0 Å². The maximum Gasteiger partial charge on any atom is 0.197 e. The molecule has 0 unspecified atom stereocenters. The van der Waals surface area contributed by atoms with Gasteiger partial charge in [0.05, 0.1) is 12.2 Å². The molecular formula is C20H17O8-. The second kappa shape index (κ2) is 6.97. The van der Waals surface area contributed by atoms with Crippen molar-refractivity contribution in [3.8, 4) is 23.0 Å². The predicted molar refractivity (Wildman–Crippen MR) is 93.9 cm³/mol. The summed E-state index contributed by atoms with van der Waals surface area (Å²) < 4.78 is 0. The van der Waals surface area contributed by atoms with Gasteiger partial charge in [0.15, 0.2) is 11.6 Å². The molecule has 0 radical (unpaired) electrons. The summed E-state index contributed by atoms with van der Waals surface area (Å²) in [6, 6.07) is 2.84. The number of benzene rings is 2. The summed E-state index contributed by atoms with van der Waals surface area (Å²) in [4.78, 5) is 36.8. The van der Waals surface area contributed by atoms with Crippen molar-refractivity contribution in [2.45, 2.75) is 25.7 Å². The number of rotatable bonds is 5. The third-order valence-corrected chi connectivity index (χ3v) is 4.82. The van der Waals surface area contributed by atoms with Crippen LogP contribution < -0.4 is 5.11 Å². The van der Waals surface area contributed by atoms with Gasteiger partial charge in [-0.3, -0.25) is 9.59 Å². The molecule has 0 heterocycles. The fourth-order valence-electron chi connectivity index (χ4n) is 3.46.